The highest BCUT2D eigenvalue weighted by molar-refractivity contribution is 5.79. The van der Waals surface area contributed by atoms with E-state index < -0.39 is 0 Å². The summed E-state index contributed by atoms with van der Waals surface area (Å²) in [6.07, 6.45) is 0. The fraction of sp³-hybridized carbons (Fsp3) is 0.0769. The van der Waals surface area contributed by atoms with E-state index in [2.05, 4.69) is 0 Å². The summed E-state index contributed by atoms with van der Waals surface area (Å²) in [6, 6.07) is 13.3. The molecule has 0 spiro atoms. The van der Waals surface area contributed by atoms with Gasteiger partial charge in [-0.05, 0) is 29.8 Å². The summed E-state index contributed by atoms with van der Waals surface area (Å²) in [7, 11) is 1.64. The SMILES string of the molecule is COc1cccc(-c2ccc(N)cc2N)c1. The van der Waals surface area contributed by atoms with Crippen molar-refractivity contribution < 1.29 is 4.74 Å². The van der Waals surface area contributed by atoms with Gasteiger partial charge in [0.1, 0.15) is 5.75 Å². The fourth-order valence-electron chi connectivity index (χ4n) is 1.63. The Labute approximate surface area is 94.6 Å². The van der Waals surface area contributed by atoms with Gasteiger partial charge in [-0.3, -0.25) is 0 Å². The van der Waals surface area contributed by atoms with E-state index in [1.54, 1.807) is 13.2 Å². The van der Waals surface area contributed by atoms with E-state index in [-0.39, 0.29) is 0 Å². The van der Waals surface area contributed by atoms with Gasteiger partial charge in [0.05, 0.1) is 7.11 Å². The number of nitrogen functional groups attached to an aromatic ring is 2. The number of anilines is 2. The summed E-state index contributed by atoms with van der Waals surface area (Å²) in [5.74, 6) is 0.814. The second-order valence-electron chi connectivity index (χ2n) is 3.58. The van der Waals surface area contributed by atoms with Gasteiger partial charge in [-0.25, -0.2) is 0 Å². The van der Waals surface area contributed by atoms with Crippen LogP contribution < -0.4 is 16.2 Å². The molecule has 3 heteroatoms. The van der Waals surface area contributed by atoms with Crippen LogP contribution in [0.4, 0.5) is 11.4 Å². The van der Waals surface area contributed by atoms with E-state index in [1.165, 1.54) is 0 Å². The van der Waals surface area contributed by atoms with Crippen molar-refractivity contribution in [3.63, 3.8) is 0 Å². The van der Waals surface area contributed by atoms with Crippen LogP contribution in [0.5, 0.6) is 5.75 Å². The normalized spacial score (nSPS) is 10.1. The molecule has 2 rings (SSSR count). The molecule has 16 heavy (non-hydrogen) atoms. The molecular weight excluding hydrogens is 200 g/mol. The molecule has 0 saturated heterocycles. The lowest BCUT2D eigenvalue weighted by atomic mass is 10.0. The predicted molar refractivity (Wildman–Crippen MR) is 67.3 cm³/mol. The van der Waals surface area contributed by atoms with Crippen LogP contribution in [0.25, 0.3) is 11.1 Å². The van der Waals surface area contributed by atoms with Crippen LogP contribution in [-0.2, 0) is 0 Å². The summed E-state index contributed by atoms with van der Waals surface area (Å²) in [4.78, 5) is 0. The fourth-order valence-corrected chi connectivity index (χ4v) is 1.63. The second-order valence-corrected chi connectivity index (χ2v) is 3.58. The van der Waals surface area contributed by atoms with Crippen molar-refractivity contribution >= 4 is 11.4 Å². The molecule has 82 valence electrons. The van der Waals surface area contributed by atoms with Gasteiger partial charge in [0.15, 0.2) is 0 Å². The van der Waals surface area contributed by atoms with E-state index in [4.69, 9.17) is 16.2 Å². The van der Waals surface area contributed by atoms with Gasteiger partial charge in [-0.15, -0.1) is 0 Å². The molecule has 3 nitrogen and oxygen atoms in total. The Bertz CT molecular complexity index is 509. The molecule has 0 atom stereocenters. The van der Waals surface area contributed by atoms with E-state index in [1.807, 2.05) is 36.4 Å². The van der Waals surface area contributed by atoms with Crippen LogP contribution in [0.1, 0.15) is 0 Å². The van der Waals surface area contributed by atoms with Gasteiger partial charge in [-0.2, -0.15) is 0 Å². The van der Waals surface area contributed by atoms with Gasteiger partial charge in [0.2, 0.25) is 0 Å². The van der Waals surface area contributed by atoms with Crippen LogP contribution in [0.15, 0.2) is 42.5 Å². The van der Waals surface area contributed by atoms with Crippen molar-refractivity contribution in [1.29, 1.82) is 0 Å². The highest BCUT2D eigenvalue weighted by atomic mass is 16.5. The summed E-state index contributed by atoms with van der Waals surface area (Å²) in [5, 5.41) is 0. The maximum absolute atomic E-state index is 5.92. The van der Waals surface area contributed by atoms with Crippen LogP contribution >= 0.6 is 0 Å². The molecule has 0 aliphatic heterocycles. The minimum Gasteiger partial charge on any atom is -0.497 e. The first-order valence-electron chi connectivity index (χ1n) is 5.00. The topological polar surface area (TPSA) is 61.3 Å². The largest absolute Gasteiger partial charge is 0.497 e. The van der Waals surface area contributed by atoms with Gasteiger partial charge >= 0.3 is 0 Å². The molecule has 4 N–H and O–H groups in total. The number of nitrogens with two attached hydrogens (primary N) is 2. The maximum atomic E-state index is 5.92. The van der Waals surface area contributed by atoms with E-state index in [0.29, 0.717) is 11.4 Å². The summed E-state index contributed by atoms with van der Waals surface area (Å²) in [6.45, 7) is 0. The molecule has 0 radical (unpaired) electrons. The quantitative estimate of drug-likeness (QED) is 0.755. The molecule has 2 aromatic carbocycles. The Morgan fingerprint density at radius 3 is 2.50 bits per heavy atom. The molecular formula is C13H14N2O. The van der Waals surface area contributed by atoms with Crippen LogP contribution in [0, 0.1) is 0 Å². The summed E-state index contributed by atoms with van der Waals surface area (Å²) < 4.78 is 5.17. The Kier molecular flexibility index (Phi) is 2.68. The van der Waals surface area contributed by atoms with Gasteiger partial charge in [0.25, 0.3) is 0 Å². The zero-order valence-corrected chi connectivity index (χ0v) is 9.10. The van der Waals surface area contributed by atoms with E-state index in [9.17, 15) is 0 Å². The lowest BCUT2D eigenvalue weighted by Crippen LogP contribution is -1.93. The van der Waals surface area contributed by atoms with Crippen molar-refractivity contribution in [1.82, 2.24) is 0 Å². The number of hydrogen-bond donors (Lipinski definition) is 2. The Morgan fingerprint density at radius 1 is 1.00 bits per heavy atom. The van der Waals surface area contributed by atoms with Crippen molar-refractivity contribution in [3.05, 3.63) is 42.5 Å². The third-order valence-corrected chi connectivity index (χ3v) is 2.46. The molecule has 0 aliphatic rings. The first-order valence-corrected chi connectivity index (χ1v) is 5.00. The Balaban J connectivity index is 2.49. The molecule has 2 aromatic rings. The number of methoxy groups -OCH3 is 1. The highest BCUT2D eigenvalue weighted by Gasteiger charge is 2.03. The zero-order valence-electron chi connectivity index (χ0n) is 9.10. The van der Waals surface area contributed by atoms with Crippen LogP contribution in [0.2, 0.25) is 0 Å². The predicted octanol–water partition coefficient (Wildman–Crippen LogP) is 2.53. The van der Waals surface area contributed by atoms with Crippen molar-refractivity contribution in [3.8, 4) is 16.9 Å². The van der Waals surface area contributed by atoms with E-state index >= 15 is 0 Å². The number of benzene rings is 2. The summed E-state index contributed by atoms with van der Waals surface area (Å²) in [5.41, 5.74) is 14.9. The number of rotatable bonds is 2. The highest BCUT2D eigenvalue weighted by Crippen LogP contribution is 2.29. The van der Waals surface area contributed by atoms with Gasteiger partial charge in [0, 0.05) is 16.9 Å². The number of ether oxygens (including phenoxy) is 1. The van der Waals surface area contributed by atoms with Crippen molar-refractivity contribution in [2.24, 2.45) is 0 Å². The maximum Gasteiger partial charge on any atom is 0.119 e. The Morgan fingerprint density at radius 2 is 1.81 bits per heavy atom. The molecule has 0 amide bonds. The lowest BCUT2D eigenvalue weighted by Gasteiger charge is -2.08. The lowest BCUT2D eigenvalue weighted by molar-refractivity contribution is 0.415. The molecule has 0 unspecified atom stereocenters. The minimum absolute atomic E-state index is 0.671. The van der Waals surface area contributed by atoms with Crippen molar-refractivity contribution in [2.75, 3.05) is 18.6 Å². The van der Waals surface area contributed by atoms with Crippen LogP contribution in [-0.4, -0.2) is 7.11 Å². The molecule has 0 bridgehead atoms. The molecule has 0 saturated carbocycles. The second kappa shape index (κ2) is 4.14. The molecule has 0 aliphatic carbocycles. The third-order valence-electron chi connectivity index (χ3n) is 2.46. The molecule has 0 aromatic heterocycles. The standard InChI is InChI=1S/C13H14N2O/c1-16-11-4-2-3-9(7-11)12-6-5-10(14)8-13(12)15/h2-8H,14-15H2,1H3. The zero-order chi connectivity index (χ0) is 11.5. The minimum atomic E-state index is 0.671. The smallest absolute Gasteiger partial charge is 0.119 e. The Hall–Kier alpha value is -2.16. The summed E-state index contributed by atoms with van der Waals surface area (Å²) >= 11 is 0. The molecule has 0 fully saturated rings. The monoisotopic (exact) mass is 214 g/mol. The van der Waals surface area contributed by atoms with Crippen molar-refractivity contribution in [2.45, 2.75) is 0 Å². The van der Waals surface area contributed by atoms with Gasteiger partial charge in [-0.1, -0.05) is 18.2 Å². The third kappa shape index (κ3) is 1.93. The first kappa shape index (κ1) is 10.4. The molecule has 0 heterocycles. The average molecular weight is 214 g/mol. The van der Waals surface area contributed by atoms with Crippen LogP contribution in [0.3, 0.4) is 0 Å². The number of hydrogen-bond acceptors (Lipinski definition) is 3. The first-order chi connectivity index (χ1) is 7.70. The van der Waals surface area contributed by atoms with Gasteiger partial charge < -0.3 is 16.2 Å². The average Bonchev–Trinajstić information content (AvgIpc) is 2.29. The van der Waals surface area contributed by atoms with E-state index in [0.717, 1.165) is 16.9 Å².